The molecule has 3 heteroatoms. The molecule has 0 N–H and O–H groups in total. The number of hydrogen-bond donors (Lipinski definition) is 0. The highest BCUT2D eigenvalue weighted by molar-refractivity contribution is 6.00. The molecule has 0 amide bonds. The van der Waals surface area contributed by atoms with Gasteiger partial charge < -0.3 is 9.64 Å². The zero-order chi connectivity index (χ0) is 27.1. The second kappa shape index (κ2) is 9.72. The van der Waals surface area contributed by atoms with Crippen LogP contribution in [0.1, 0.15) is 11.1 Å². The maximum Gasteiger partial charge on any atom is 0.151 e. The monoisotopic (exact) mass is 514 g/mol. The molecule has 40 heavy (non-hydrogen) atoms. The van der Waals surface area contributed by atoms with Crippen LogP contribution < -0.4 is 9.64 Å². The number of fused-ring (bicyclic) bond motifs is 3. The van der Waals surface area contributed by atoms with Gasteiger partial charge in [0.05, 0.1) is 22.6 Å². The summed E-state index contributed by atoms with van der Waals surface area (Å²) >= 11 is 0. The average Bonchev–Trinajstić information content (AvgIpc) is 3.03. The predicted molar refractivity (Wildman–Crippen MR) is 168 cm³/mol. The number of benzene rings is 5. The number of anilines is 3. The van der Waals surface area contributed by atoms with Crippen molar-refractivity contribution in [3.05, 3.63) is 146 Å². The fourth-order valence-corrected chi connectivity index (χ4v) is 5.44. The number of nitrogens with zero attached hydrogens (tertiary/aromatic N) is 2. The van der Waals surface area contributed by atoms with Gasteiger partial charge >= 0.3 is 0 Å². The SMILES string of the molecule is C=Cc1ccc(-c2cc(-c3ccccc3)c3cc(N4c5ccccc5Oc5ccccc54)ccc3n2)cc1C=C. The van der Waals surface area contributed by atoms with Gasteiger partial charge in [0.1, 0.15) is 0 Å². The zero-order valence-corrected chi connectivity index (χ0v) is 21.9. The Morgan fingerprint density at radius 1 is 0.600 bits per heavy atom. The van der Waals surface area contributed by atoms with Gasteiger partial charge in [0.25, 0.3) is 0 Å². The van der Waals surface area contributed by atoms with E-state index in [1.54, 1.807) is 0 Å². The molecule has 0 bridgehead atoms. The average molecular weight is 515 g/mol. The van der Waals surface area contributed by atoms with Crippen molar-refractivity contribution in [1.82, 2.24) is 4.98 Å². The van der Waals surface area contributed by atoms with Crippen molar-refractivity contribution < 1.29 is 4.74 Å². The van der Waals surface area contributed by atoms with E-state index >= 15 is 0 Å². The van der Waals surface area contributed by atoms with E-state index in [0.717, 1.165) is 73.0 Å². The third-order valence-corrected chi connectivity index (χ3v) is 7.39. The van der Waals surface area contributed by atoms with Crippen molar-refractivity contribution in [2.24, 2.45) is 0 Å². The minimum Gasteiger partial charge on any atom is -0.453 e. The standard InChI is InChI=1S/C37H26N2O/c1-3-25-18-19-28(22-26(25)4-2)33-24-30(27-12-6-5-7-13-27)31-23-29(20-21-32(31)38-33)39-34-14-8-10-16-36(34)40-37-17-11-9-15-35(37)39/h3-24H,1-2H2. The van der Waals surface area contributed by atoms with Crippen molar-refractivity contribution >= 4 is 40.1 Å². The van der Waals surface area contributed by atoms with Crippen LogP contribution in [0, 0.1) is 0 Å². The Bertz CT molecular complexity index is 1880. The van der Waals surface area contributed by atoms with Crippen LogP contribution in [-0.2, 0) is 0 Å². The van der Waals surface area contributed by atoms with Gasteiger partial charge in [0.2, 0.25) is 0 Å². The molecule has 0 spiro atoms. The lowest BCUT2D eigenvalue weighted by atomic mass is 9.96. The highest BCUT2D eigenvalue weighted by atomic mass is 16.5. The normalized spacial score (nSPS) is 11.8. The Morgan fingerprint density at radius 3 is 1.98 bits per heavy atom. The molecule has 0 atom stereocenters. The van der Waals surface area contributed by atoms with Crippen molar-refractivity contribution in [1.29, 1.82) is 0 Å². The molecule has 0 saturated carbocycles. The molecule has 0 aliphatic carbocycles. The largest absolute Gasteiger partial charge is 0.453 e. The molecule has 190 valence electrons. The van der Waals surface area contributed by atoms with Crippen LogP contribution in [0.15, 0.2) is 134 Å². The van der Waals surface area contributed by atoms with Crippen molar-refractivity contribution in [3.63, 3.8) is 0 Å². The van der Waals surface area contributed by atoms with E-state index in [0.29, 0.717) is 0 Å². The van der Waals surface area contributed by atoms with Gasteiger partial charge in [-0.1, -0.05) is 92.0 Å². The lowest BCUT2D eigenvalue weighted by Crippen LogP contribution is -2.15. The molecule has 1 aliphatic rings. The lowest BCUT2D eigenvalue weighted by Gasteiger charge is -2.33. The smallest absolute Gasteiger partial charge is 0.151 e. The van der Waals surface area contributed by atoms with Crippen LogP contribution in [0.25, 0.3) is 45.4 Å². The summed E-state index contributed by atoms with van der Waals surface area (Å²) in [7, 11) is 0. The Labute approximate surface area is 234 Å². The second-order valence-corrected chi connectivity index (χ2v) is 9.75. The van der Waals surface area contributed by atoms with Crippen LogP contribution in [0.4, 0.5) is 17.1 Å². The van der Waals surface area contributed by atoms with Gasteiger partial charge in [-0.15, -0.1) is 0 Å². The van der Waals surface area contributed by atoms with E-state index in [1.165, 1.54) is 0 Å². The minimum absolute atomic E-state index is 0.832. The quantitative estimate of drug-likeness (QED) is 0.228. The molecular weight excluding hydrogens is 488 g/mol. The Hall–Kier alpha value is -5.41. The van der Waals surface area contributed by atoms with Crippen molar-refractivity contribution in [2.45, 2.75) is 0 Å². The second-order valence-electron chi connectivity index (χ2n) is 9.75. The maximum absolute atomic E-state index is 6.24. The van der Waals surface area contributed by atoms with E-state index in [2.05, 4.69) is 96.9 Å². The van der Waals surface area contributed by atoms with Gasteiger partial charge in [-0.2, -0.15) is 0 Å². The molecule has 5 aromatic carbocycles. The van der Waals surface area contributed by atoms with E-state index in [4.69, 9.17) is 9.72 Å². The molecule has 0 unspecified atom stereocenters. The fraction of sp³-hybridized carbons (Fsp3) is 0. The van der Waals surface area contributed by atoms with E-state index in [1.807, 2.05) is 54.6 Å². The summed E-state index contributed by atoms with van der Waals surface area (Å²) < 4.78 is 6.24. The number of ether oxygens (including phenoxy) is 1. The number of rotatable bonds is 5. The van der Waals surface area contributed by atoms with Crippen molar-refractivity contribution in [2.75, 3.05) is 4.90 Å². The summed E-state index contributed by atoms with van der Waals surface area (Å²) in [5.41, 5.74) is 10.3. The topological polar surface area (TPSA) is 25.4 Å². The van der Waals surface area contributed by atoms with Crippen LogP contribution in [0.3, 0.4) is 0 Å². The molecular formula is C37H26N2O. The third-order valence-electron chi connectivity index (χ3n) is 7.39. The van der Waals surface area contributed by atoms with Crippen LogP contribution in [0.2, 0.25) is 0 Å². The predicted octanol–water partition coefficient (Wildman–Crippen LogP) is 10.4. The van der Waals surface area contributed by atoms with Crippen molar-refractivity contribution in [3.8, 4) is 33.9 Å². The lowest BCUT2D eigenvalue weighted by molar-refractivity contribution is 0.477. The summed E-state index contributed by atoms with van der Waals surface area (Å²) in [6.07, 6.45) is 3.72. The maximum atomic E-state index is 6.24. The first-order valence-corrected chi connectivity index (χ1v) is 13.3. The van der Waals surface area contributed by atoms with E-state index in [9.17, 15) is 0 Å². The summed E-state index contributed by atoms with van der Waals surface area (Å²) in [4.78, 5) is 7.40. The van der Waals surface area contributed by atoms with Gasteiger partial charge in [0, 0.05) is 16.6 Å². The van der Waals surface area contributed by atoms with Gasteiger partial charge in [-0.05, 0) is 76.9 Å². The van der Waals surface area contributed by atoms with Gasteiger partial charge in [-0.25, -0.2) is 4.98 Å². The van der Waals surface area contributed by atoms with Gasteiger partial charge in [-0.3, -0.25) is 0 Å². The zero-order valence-electron chi connectivity index (χ0n) is 21.9. The number of pyridine rings is 1. The summed E-state index contributed by atoms with van der Waals surface area (Å²) in [5, 5.41) is 1.08. The van der Waals surface area contributed by atoms with E-state index < -0.39 is 0 Å². The first kappa shape index (κ1) is 23.7. The summed E-state index contributed by atoms with van der Waals surface area (Å²) in [6.45, 7) is 7.93. The number of aromatic nitrogens is 1. The molecule has 0 radical (unpaired) electrons. The molecule has 0 saturated heterocycles. The van der Waals surface area contributed by atoms with Gasteiger partial charge in [0.15, 0.2) is 11.5 Å². The number of para-hydroxylation sites is 4. The highest BCUT2D eigenvalue weighted by Crippen LogP contribution is 2.50. The third kappa shape index (κ3) is 3.96. The molecule has 1 aliphatic heterocycles. The summed E-state index contributed by atoms with van der Waals surface area (Å²) in [5.74, 6) is 1.66. The Balaban J connectivity index is 1.45. The number of hydrogen-bond acceptors (Lipinski definition) is 3. The highest BCUT2D eigenvalue weighted by Gasteiger charge is 2.25. The Kier molecular flexibility index (Phi) is 5.76. The molecule has 7 rings (SSSR count). The fourth-order valence-electron chi connectivity index (χ4n) is 5.44. The van der Waals surface area contributed by atoms with Crippen LogP contribution in [0.5, 0.6) is 11.5 Å². The first-order valence-electron chi connectivity index (χ1n) is 13.3. The molecule has 6 aromatic rings. The molecule has 1 aromatic heterocycles. The van der Waals surface area contributed by atoms with Crippen LogP contribution >= 0.6 is 0 Å². The molecule has 0 fully saturated rings. The minimum atomic E-state index is 0.832. The Morgan fingerprint density at radius 2 is 1.27 bits per heavy atom. The van der Waals surface area contributed by atoms with Crippen LogP contribution in [-0.4, -0.2) is 4.98 Å². The molecule has 2 heterocycles. The molecule has 3 nitrogen and oxygen atoms in total. The van der Waals surface area contributed by atoms with E-state index in [-0.39, 0.29) is 0 Å². The summed E-state index contributed by atoms with van der Waals surface area (Å²) in [6, 6.07) is 41.8. The first-order chi connectivity index (χ1) is 19.7.